The molecule has 0 aliphatic carbocycles. The van der Waals surface area contributed by atoms with Crippen LogP contribution in [0.4, 0.5) is 0 Å². The summed E-state index contributed by atoms with van der Waals surface area (Å²) in [7, 11) is -0.620. The predicted molar refractivity (Wildman–Crippen MR) is 113 cm³/mol. The van der Waals surface area contributed by atoms with Crippen LogP contribution >= 0.6 is 0 Å². The minimum absolute atomic E-state index is 0.00127. The van der Waals surface area contributed by atoms with Crippen molar-refractivity contribution in [2.45, 2.75) is 23.8 Å². The standard InChI is InChI=1S/C22H24N2O5S/c1-4-12-23-30(26,27)18-8-5-7-16(14-18)22(25)24-13-6-9-20(24)19-11-10-17(28-2)15-21(19)29-3/h1,5,7-8,10-11,14-15,20,23H,6,9,12-13H2,2-3H3. The molecule has 8 heteroatoms. The van der Waals surface area contributed by atoms with Crippen LogP contribution in [-0.2, 0) is 10.0 Å². The second-order valence-electron chi connectivity index (χ2n) is 6.82. The molecule has 1 amide bonds. The maximum Gasteiger partial charge on any atom is 0.254 e. The lowest BCUT2D eigenvalue weighted by atomic mass is 10.0. The molecule has 2 aromatic carbocycles. The summed E-state index contributed by atoms with van der Waals surface area (Å²) in [6.45, 7) is 0.455. The molecule has 0 spiro atoms. The molecule has 0 bridgehead atoms. The number of nitrogens with zero attached hydrogens (tertiary/aromatic N) is 1. The van der Waals surface area contributed by atoms with E-state index < -0.39 is 10.0 Å². The third-order valence-corrected chi connectivity index (χ3v) is 6.47. The van der Waals surface area contributed by atoms with E-state index in [2.05, 4.69) is 10.6 Å². The number of likely N-dealkylation sites (tertiary alicyclic amines) is 1. The van der Waals surface area contributed by atoms with Crippen molar-refractivity contribution in [1.29, 1.82) is 0 Å². The number of benzene rings is 2. The summed E-state index contributed by atoms with van der Waals surface area (Å²) in [6, 6.07) is 11.3. The van der Waals surface area contributed by atoms with Gasteiger partial charge in [0.1, 0.15) is 11.5 Å². The number of ether oxygens (including phenoxy) is 2. The van der Waals surface area contributed by atoms with Gasteiger partial charge < -0.3 is 14.4 Å². The van der Waals surface area contributed by atoms with Crippen LogP contribution in [0.3, 0.4) is 0 Å². The first kappa shape index (κ1) is 21.7. The lowest BCUT2D eigenvalue weighted by molar-refractivity contribution is 0.0734. The SMILES string of the molecule is C#CCNS(=O)(=O)c1cccc(C(=O)N2CCCC2c2ccc(OC)cc2OC)c1. The van der Waals surface area contributed by atoms with E-state index >= 15 is 0 Å². The molecule has 1 aliphatic rings. The molecule has 30 heavy (non-hydrogen) atoms. The van der Waals surface area contributed by atoms with E-state index in [4.69, 9.17) is 15.9 Å². The number of hydrogen-bond acceptors (Lipinski definition) is 5. The molecule has 2 aromatic rings. The van der Waals surface area contributed by atoms with Gasteiger partial charge in [-0.25, -0.2) is 8.42 Å². The fourth-order valence-electron chi connectivity index (χ4n) is 3.61. The van der Waals surface area contributed by atoms with Crippen molar-refractivity contribution in [3.63, 3.8) is 0 Å². The molecule has 1 atom stereocenters. The van der Waals surface area contributed by atoms with E-state index in [1.807, 2.05) is 12.1 Å². The number of sulfonamides is 1. The molecule has 3 rings (SSSR count). The van der Waals surface area contributed by atoms with Crippen molar-refractivity contribution in [1.82, 2.24) is 9.62 Å². The Kier molecular flexibility index (Phi) is 6.65. The third kappa shape index (κ3) is 4.42. The second kappa shape index (κ2) is 9.20. The third-order valence-electron chi connectivity index (χ3n) is 5.07. The summed E-state index contributed by atoms with van der Waals surface area (Å²) >= 11 is 0. The van der Waals surface area contributed by atoms with Gasteiger partial charge in [-0.1, -0.05) is 12.0 Å². The largest absolute Gasteiger partial charge is 0.497 e. The number of nitrogens with one attached hydrogen (secondary N) is 1. The van der Waals surface area contributed by atoms with Crippen molar-refractivity contribution >= 4 is 15.9 Å². The molecule has 1 saturated heterocycles. The summed E-state index contributed by atoms with van der Waals surface area (Å²) in [6.07, 6.45) is 6.76. The summed E-state index contributed by atoms with van der Waals surface area (Å²) in [5, 5.41) is 0. The van der Waals surface area contributed by atoms with Crippen LogP contribution in [0.15, 0.2) is 47.4 Å². The van der Waals surface area contributed by atoms with Gasteiger partial charge in [-0.3, -0.25) is 4.79 Å². The topological polar surface area (TPSA) is 84.9 Å². The van der Waals surface area contributed by atoms with Crippen LogP contribution in [0.5, 0.6) is 11.5 Å². The van der Waals surface area contributed by atoms with Crippen LogP contribution in [-0.4, -0.2) is 46.5 Å². The summed E-state index contributed by atoms with van der Waals surface area (Å²) in [5.74, 6) is 3.32. The summed E-state index contributed by atoms with van der Waals surface area (Å²) < 4.78 is 37.8. The molecule has 1 fully saturated rings. The predicted octanol–water partition coefficient (Wildman–Crippen LogP) is 2.59. The Labute approximate surface area is 177 Å². The minimum Gasteiger partial charge on any atom is -0.497 e. The molecule has 158 valence electrons. The Morgan fingerprint density at radius 1 is 1.23 bits per heavy atom. The van der Waals surface area contributed by atoms with Crippen LogP contribution in [0.25, 0.3) is 0 Å². The van der Waals surface area contributed by atoms with E-state index in [-0.39, 0.29) is 23.4 Å². The van der Waals surface area contributed by atoms with Crippen molar-refractivity contribution < 1.29 is 22.7 Å². The van der Waals surface area contributed by atoms with Gasteiger partial charge in [0, 0.05) is 23.7 Å². The first-order valence-corrected chi connectivity index (χ1v) is 11.0. The van der Waals surface area contributed by atoms with E-state index in [0.29, 0.717) is 23.6 Å². The number of amides is 1. The quantitative estimate of drug-likeness (QED) is 0.686. The van der Waals surface area contributed by atoms with Gasteiger partial charge in [0.05, 0.1) is 31.7 Å². The Morgan fingerprint density at radius 3 is 2.73 bits per heavy atom. The fraction of sp³-hybridized carbons (Fsp3) is 0.318. The highest BCUT2D eigenvalue weighted by molar-refractivity contribution is 7.89. The van der Waals surface area contributed by atoms with Crippen LogP contribution in [0.2, 0.25) is 0 Å². The van der Waals surface area contributed by atoms with Gasteiger partial charge in [-0.05, 0) is 43.2 Å². The van der Waals surface area contributed by atoms with E-state index in [0.717, 1.165) is 18.4 Å². The van der Waals surface area contributed by atoms with E-state index in [1.165, 1.54) is 12.1 Å². The maximum absolute atomic E-state index is 13.3. The zero-order valence-electron chi connectivity index (χ0n) is 16.9. The molecule has 1 N–H and O–H groups in total. The number of carbonyl (C=O) groups excluding carboxylic acids is 1. The first-order chi connectivity index (χ1) is 14.4. The lowest BCUT2D eigenvalue weighted by Crippen LogP contribution is -2.31. The lowest BCUT2D eigenvalue weighted by Gasteiger charge is -2.27. The molecule has 1 aliphatic heterocycles. The van der Waals surface area contributed by atoms with Gasteiger partial charge >= 0.3 is 0 Å². The van der Waals surface area contributed by atoms with Crippen molar-refractivity contribution in [2.75, 3.05) is 27.3 Å². The van der Waals surface area contributed by atoms with Gasteiger partial charge in [-0.2, -0.15) is 4.72 Å². The van der Waals surface area contributed by atoms with E-state index in [1.54, 1.807) is 37.3 Å². The molecule has 7 nitrogen and oxygen atoms in total. The van der Waals surface area contributed by atoms with Crippen molar-refractivity contribution in [2.24, 2.45) is 0 Å². The van der Waals surface area contributed by atoms with Gasteiger partial charge in [0.15, 0.2) is 0 Å². The van der Waals surface area contributed by atoms with Gasteiger partial charge in [0.2, 0.25) is 10.0 Å². The van der Waals surface area contributed by atoms with Crippen LogP contribution in [0.1, 0.15) is 34.8 Å². The highest BCUT2D eigenvalue weighted by atomic mass is 32.2. The molecule has 0 radical (unpaired) electrons. The number of methoxy groups -OCH3 is 2. The smallest absolute Gasteiger partial charge is 0.254 e. The molecule has 0 aromatic heterocycles. The number of hydrogen-bond donors (Lipinski definition) is 1. The van der Waals surface area contributed by atoms with Crippen molar-refractivity contribution in [3.05, 3.63) is 53.6 Å². The Hall–Kier alpha value is -3.02. The van der Waals surface area contributed by atoms with Crippen molar-refractivity contribution in [3.8, 4) is 23.8 Å². The maximum atomic E-state index is 13.3. The number of carbonyl (C=O) groups is 1. The molecular formula is C22H24N2O5S. The molecule has 0 saturated carbocycles. The number of terminal acetylenes is 1. The van der Waals surface area contributed by atoms with Gasteiger partial charge in [-0.15, -0.1) is 6.42 Å². The normalized spacial score (nSPS) is 16.2. The highest BCUT2D eigenvalue weighted by Gasteiger charge is 2.33. The zero-order chi connectivity index (χ0) is 21.7. The second-order valence-corrected chi connectivity index (χ2v) is 8.59. The summed E-state index contributed by atoms with van der Waals surface area (Å²) in [5.41, 5.74) is 1.20. The minimum atomic E-state index is -3.78. The average molecular weight is 429 g/mol. The highest BCUT2D eigenvalue weighted by Crippen LogP contribution is 2.39. The Balaban J connectivity index is 1.90. The van der Waals surface area contributed by atoms with Gasteiger partial charge in [0.25, 0.3) is 5.91 Å². The summed E-state index contributed by atoms with van der Waals surface area (Å²) in [4.78, 5) is 15.0. The Morgan fingerprint density at radius 2 is 2.03 bits per heavy atom. The number of rotatable bonds is 7. The van der Waals surface area contributed by atoms with Crippen LogP contribution < -0.4 is 14.2 Å². The zero-order valence-corrected chi connectivity index (χ0v) is 17.7. The molecule has 1 unspecified atom stereocenters. The van der Waals surface area contributed by atoms with E-state index in [9.17, 15) is 13.2 Å². The van der Waals surface area contributed by atoms with Crippen LogP contribution in [0, 0.1) is 12.3 Å². The monoisotopic (exact) mass is 428 g/mol. The molecule has 1 heterocycles. The average Bonchev–Trinajstić information content (AvgIpc) is 3.26. The molecular weight excluding hydrogens is 404 g/mol. The Bertz CT molecular complexity index is 1080. The fourth-order valence-corrected chi connectivity index (χ4v) is 4.59. The first-order valence-electron chi connectivity index (χ1n) is 9.47.